The van der Waals surface area contributed by atoms with Crippen molar-refractivity contribution in [1.29, 1.82) is 0 Å². The second-order valence-electron chi connectivity index (χ2n) is 7.26. The Kier molecular flexibility index (Phi) is 9.63. The summed E-state index contributed by atoms with van der Waals surface area (Å²) in [6, 6.07) is 12.7. The van der Waals surface area contributed by atoms with Crippen molar-refractivity contribution in [3.05, 3.63) is 83.7 Å². The molecule has 0 atom stereocenters. The molecular weight excluding hydrogens is 522 g/mol. The maximum Gasteiger partial charge on any atom is 0.253 e. The molecule has 0 saturated carbocycles. The van der Waals surface area contributed by atoms with Crippen molar-refractivity contribution in [3.8, 4) is 5.69 Å². The van der Waals surface area contributed by atoms with Gasteiger partial charge < -0.3 is 20.1 Å². The summed E-state index contributed by atoms with van der Waals surface area (Å²) in [6.45, 7) is 1.08. The molecule has 0 aliphatic heterocycles. The van der Waals surface area contributed by atoms with Gasteiger partial charge in [0.15, 0.2) is 5.96 Å². The number of carbonyl (C=O) groups is 1. The lowest BCUT2D eigenvalue weighted by atomic mass is 10.1. The summed E-state index contributed by atoms with van der Waals surface area (Å²) in [5.74, 6) is 0.297. The first-order valence-electron chi connectivity index (χ1n) is 10.00. The minimum Gasteiger partial charge on any atom is -0.356 e. The molecule has 9 heteroatoms. The Morgan fingerprint density at radius 3 is 2.62 bits per heavy atom. The Hall–Kier alpha value is -2.95. The molecular formula is C23H28FIN6O. The number of halogens is 2. The predicted molar refractivity (Wildman–Crippen MR) is 135 cm³/mol. The summed E-state index contributed by atoms with van der Waals surface area (Å²) in [5.41, 5.74) is 3.00. The zero-order chi connectivity index (χ0) is 22.2. The highest BCUT2D eigenvalue weighted by molar-refractivity contribution is 14.0. The largest absolute Gasteiger partial charge is 0.356 e. The molecule has 0 fully saturated rings. The number of nitrogens with one attached hydrogen (secondary N) is 2. The summed E-state index contributed by atoms with van der Waals surface area (Å²) >= 11 is 0. The number of guanidine groups is 1. The van der Waals surface area contributed by atoms with Crippen LogP contribution in [-0.2, 0) is 13.0 Å². The molecule has 1 amide bonds. The van der Waals surface area contributed by atoms with E-state index in [1.807, 2.05) is 30.3 Å². The van der Waals surface area contributed by atoms with Crippen LogP contribution in [0.1, 0.15) is 21.5 Å². The van der Waals surface area contributed by atoms with E-state index in [-0.39, 0.29) is 35.7 Å². The first-order valence-corrected chi connectivity index (χ1v) is 10.00. The second kappa shape index (κ2) is 12.2. The van der Waals surface area contributed by atoms with Crippen molar-refractivity contribution in [2.24, 2.45) is 4.99 Å². The number of aromatic nitrogens is 2. The Labute approximate surface area is 204 Å². The van der Waals surface area contributed by atoms with Crippen LogP contribution in [0.4, 0.5) is 4.39 Å². The van der Waals surface area contributed by atoms with E-state index in [1.165, 1.54) is 6.07 Å². The number of benzene rings is 2. The van der Waals surface area contributed by atoms with Gasteiger partial charge in [0.05, 0.1) is 12.0 Å². The Bertz CT molecular complexity index is 1050. The fourth-order valence-electron chi connectivity index (χ4n) is 3.12. The van der Waals surface area contributed by atoms with Crippen LogP contribution in [0.5, 0.6) is 0 Å². The predicted octanol–water partition coefficient (Wildman–Crippen LogP) is 3.24. The van der Waals surface area contributed by atoms with Crippen molar-refractivity contribution >= 4 is 35.8 Å². The summed E-state index contributed by atoms with van der Waals surface area (Å²) in [7, 11) is 5.17. The molecule has 0 aliphatic carbocycles. The summed E-state index contributed by atoms with van der Waals surface area (Å²) in [6.07, 6.45) is 5.62. The summed E-state index contributed by atoms with van der Waals surface area (Å²) in [5, 5.41) is 6.44. The molecule has 0 bridgehead atoms. The van der Waals surface area contributed by atoms with Crippen LogP contribution in [0.25, 0.3) is 5.69 Å². The summed E-state index contributed by atoms with van der Waals surface area (Å²) < 4.78 is 16.0. The number of hydrogen-bond acceptors (Lipinski definition) is 3. The van der Waals surface area contributed by atoms with E-state index >= 15 is 0 Å². The average Bonchev–Trinajstić information content (AvgIpc) is 3.30. The fourth-order valence-corrected chi connectivity index (χ4v) is 3.12. The monoisotopic (exact) mass is 550 g/mol. The Balaban J connectivity index is 0.00000363. The van der Waals surface area contributed by atoms with Crippen LogP contribution in [0.2, 0.25) is 0 Å². The summed E-state index contributed by atoms with van der Waals surface area (Å²) in [4.78, 5) is 21.8. The van der Waals surface area contributed by atoms with Gasteiger partial charge in [0.1, 0.15) is 5.82 Å². The topological polar surface area (TPSA) is 74.6 Å². The molecule has 0 unspecified atom stereocenters. The van der Waals surface area contributed by atoms with Gasteiger partial charge in [-0.2, -0.15) is 0 Å². The molecule has 0 aliphatic rings. The first-order chi connectivity index (χ1) is 15.0. The van der Waals surface area contributed by atoms with Gasteiger partial charge in [0, 0.05) is 52.2 Å². The quantitative estimate of drug-likeness (QED) is 0.269. The fraction of sp³-hybridized carbons (Fsp3) is 0.261. The lowest BCUT2D eigenvalue weighted by Crippen LogP contribution is -2.37. The molecule has 2 aromatic carbocycles. The number of carbonyl (C=O) groups excluding carboxylic acids is 1. The Morgan fingerprint density at radius 2 is 1.97 bits per heavy atom. The molecule has 32 heavy (non-hydrogen) atoms. The van der Waals surface area contributed by atoms with E-state index in [1.54, 1.807) is 55.4 Å². The van der Waals surface area contributed by atoms with Crippen LogP contribution >= 0.6 is 24.0 Å². The highest BCUT2D eigenvalue weighted by Gasteiger charge is 2.09. The van der Waals surface area contributed by atoms with Crippen molar-refractivity contribution in [1.82, 2.24) is 25.1 Å². The van der Waals surface area contributed by atoms with E-state index < -0.39 is 0 Å². The Morgan fingerprint density at radius 1 is 1.16 bits per heavy atom. The highest BCUT2D eigenvalue weighted by Crippen LogP contribution is 2.15. The van der Waals surface area contributed by atoms with Gasteiger partial charge in [-0.05, 0) is 41.8 Å². The van der Waals surface area contributed by atoms with Gasteiger partial charge >= 0.3 is 0 Å². The van der Waals surface area contributed by atoms with E-state index in [2.05, 4.69) is 20.6 Å². The molecule has 2 N–H and O–H groups in total. The third-order valence-electron chi connectivity index (χ3n) is 4.76. The van der Waals surface area contributed by atoms with Crippen LogP contribution < -0.4 is 10.6 Å². The second-order valence-corrected chi connectivity index (χ2v) is 7.26. The molecule has 7 nitrogen and oxygen atoms in total. The molecule has 3 aromatic rings. The molecule has 0 saturated heterocycles. The van der Waals surface area contributed by atoms with Gasteiger partial charge in [-0.3, -0.25) is 9.79 Å². The van der Waals surface area contributed by atoms with Gasteiger partial charge in [-0.15, -0.1) is 24.0 Å². The molecule has 170 valence electrons. The van der Waals surface area contributed by atoms with E-state index in [4.69, 9.17) is 0 Å². The van der Waals surface area contributed by atoms with Crippen LogP contribution in [0.15, 0.2) is 66.2 Å². The maximum atomic E-state index is 14.4. The average molecular weight is 550 g/mol. The van der Waals surface area contributed by atoms with Gasteiger partial charge in [0.2, 0.25) is 0 Å². The lowest BCUT2D eigenvalue weighted by Gasteiger charge is -2.14. The molecule has 1 heterocycles. The standard InChI is InChI=1S/C23H27FN6O.HI/c1-25-23(27-10-9-17-5-4-6-19(13-17)22(31)29(2)3)28-15-18-7-8-21(20(24)14-18)30-12-11-26-16-30;/h4-8,11-14,16H,9-10,15H2,1-3H3,(H2,25,27,28);1H. The van der Waals surface area contributed by atoms with Crippen LogP contribution in [0.3, 0.4) is 0 Å². The highest BCUT2D eigenvalue weighted by atomic mass is 127. The SMILES string of the molecule is CN=C(NCCc1cccc(C(=O)N(C)C)c1)NCc1ccc(-n2ccnc2)c(F)c1.I. The van der Waals surface area contributed by atoms with E-state index in [0.717, 1.165) is 17.5 Å². The van der Waals surface area contributed by atoms with Gasteiger partial charge in [-0.25, -0.2) is 9.37 Å². The molecule has 1 aromatic heterocycles. The minimum absolute atomic E-state index is 0. The van der Waals surface area contributed by atoms with Crippen LogP contribution in [-0.4, -0.2) is 54.0 Å². The zero-order valence-electron chi connectivity index (χ0n) is 18.4. The zero-order valence-corrected chi connectivity index (χ0v) is 20.7. The normalized spacial score (nSPS) is 10.9. The van der Waals surface area contributed by atoms with Crippen molar-refractivity contribution in [2.75, 3.05) is 27.7 Å². The number of imidazole rings is 1. The number of amides is 1. The number of rotatable bonds is 7. The number of hydrogen-bond donors (Lipinski definition) is 2. The molecule has 3 rings (SSSR count). The minimum atomic E-state index is -0.313. The molecule has 0 radical (unpaired) electrons. The van der Waals surface area contributed by atoms with E-state index in [9.17, 15) is 9.18 Å². The van der Waals surface area contributed by atoms with E-state index in [0.29, 0.717) is 30.3 Å². The van der Waals surface area contributed by atoms with Crippen molar-refractivity contribution in [2.45, 2.75) is 13.0 Å². The maximum absolute atomic E-state index is 14.4. The smallest absolute Gasteiger partial charge is 0.253 e. The first kappa shape index (κ1) is 25.3. The van der Waals surface area contributed by atoms with Gasteiger partial charge in [-0.1, -0.05) is 18.2 Å². The van der Waals surface area contributed by atoms with Crippen molar-refractivity contribution < 1.29 is 9.18 Å². The number of aliphatic imine (C=N–C) groups is 1. The third-order valence-corrected chi connectivity index (χ3v) is 4.76. The lowest BCUT2D eigenvalue weighted by molar-refractivity contribution is 0.0827. The third kappa shape index (κ3) is 6.78. The van der Waals surface area contributed by atoms with Crippen LogP contribution in [0, 0.1) is 5.82 Å². The van der Waals surface area contributed by atoms with Gasteiger partial charge in [0.25, 0.3) is 5.91 Å². The number of nitrogens with zero attached hydrogens (tertiary/aromatic N) is 4. The van der Waals surface area contributed by atoms with Crippen molar-refractivity contribution in [3.63, 3.8) is 0 Å². The molecule has 0 spiro atoms.